The van der Waals surface area contributed by atoms with E-state index in [4.69, 9.17) is 26.1 Å². The van der Waals surface area contributed by atoms with E-state index < -0.39 is 5.97 Å². The van der Waals surface area contributed by atoms with E-state index in [0.29, 0.717) is 36.3 Å². The Kier molecular flexibility index (Phi) is 9.87. The lowest BCUT2D eigenvalue weighted by Gasteiger charge is -2.32. The van der Waals surface area contributed by atoms with E-state index in [2.05, 4.69) is 34.3 Å². The third kappa shape index (κ3) is 7.25. The van der Waals surface area contributed by atoms with Gasteiger partial charge in [-0.05, 0) is 66.9 Å². The number of hydrogen-bond acceptors (Lipinski definition) is 9. The summed E-state index contributed by atoms with van der Waals surface area (Å²) in [5, 5.41) is 24.1. The molecule has 0 amide bonds. The molecule has 2 atom stereocenters. The first kappa shape index (κ1) is 33.7. The Labute approximate surface area is 296 Å². The smallest absolute Gasteiger partial charge is 0.317 e. The molecular weight excluding hydrogens is 654 g/mol. The molecule has 50 heavy (non-hydrogen) atoms. The van der Waals surface area contributed by atoms with Crippen molar-refractivity contribution in [2.45, 2.75) is 45.1 Å². The van der Waals surface area contributed by atoms with Gasteiger partial charge in [0, 0.05) is 67.1 Å². The number of β-amino-alcohol motifs (C(OH)–C–C–N with tert-alkyl or cyclic N) is 1. The van der Waals surface area contributed by atoms with E-state index in [9.17, 15) is 15.0 Å². The highest BCUT2D eigenvalue weighted by Crippen LogP contribution is 2.40. The minimum atomic E-state index is -0.855. The zero-order chi connectivity index (χ0) is 34.8. The van der Waals surface area contributed by atoms with Gasteiger partial charge in [-0.15, -0.1) is 0 Å². The Morgan fingerprint density at radius 2 is 1.94 bits per heavy atom. The van der Waals surface area contributed by atoms with Crippen molar-refractivity contribution in [1.82, 2.24) is 19.8 Å². The number of anilines is 2. The van der Waals surface area contributed by atoms with Crippen LogP contribution >= 0.6 is 11.6 Å². The van der Waals surface area contributed by atoms with Gasteiger partial charge < -0.3 is 25.0 Å². The number of ether oxygens (including phenoxy) is 2. The maximum atomic E-state index is 11.3. The summed E-state index contributed by atoms with van der Waals surface area (Å²) in [6.07, 6.45) is 4.93. The number of hydrogen-bond donors (Lipinski definition) is 3. The summed E-state index contributed by atoms with van der Waals surface area (Å²) in [4.78, 5) is 24.7. The van der Waals surface area contributed by atoms with Gasteiger partial charge in [-0.2, -0.15) is 0 Å². The van der Waals surface area contributed by atoms with Crippen LogP contribution in [0.3, 0.4) is 0 Å². The number of carboxylic acids is 1. The lowest BCUT2D eigenvalue weighted by atomic mass is 9.96. The maximum absolute atomic E-state index is 11.3. The third-order valence-electron chi connectivity index (χ3n) is 9.60. The van der Waals surface area contributed by atoms with E-state index in [-0.39, 0.29) is 18.7 Å². The molecule has 3 aromatic carbocycles. The number of nitrogens with one attached hydrogen (secondary N) is 1. The molecule has 4 heterocycles. The number of rotatable bonds is 11. The van der Waals surface area contributed by atoms with Crippen molar-refractivity contribution in [2.24, 2.45) is 0 Å². The molecule has 10 nitrogen and oxygen atoms in total. The maximum Gasteiger partial charge on any atom is 0.317 e. The molecule has 0 radical (unpaired) electrons. The van der Waals surface area contributed by atoms with Crippen LogP contribution in [0, 0.1) is 6.92 Å². The fraction of sp³-hybridized carbons (Fsp3) is 0.308. The average Bonchev–Trinajstić information content (AvgIpc) is 3.52. The highest BCUT2D eigenvalue weighted by atomic mass is 35.5. The summed E-state index contributed by atoms with van der Waals surface area (Å²) < 4.78 is 12.2. The van der Waals surface area contributed by atoms with Crippen LogP contribution in [0.25, 0.3) is 22.0 Å². The number of likely N-dealkylation sites (tertiary alicyclic amines) is 1. The van der Waals surface area contributed by atoms with Crippen LogP contribution in [0.2, 0.25) is 5.02 Å². The second-order valence-electron chi connectivity index (χ2n) is 13.1. The topological polar surface area (TPSA) is 120 Å². The number of carboxylic acid groups (broad SMARTS) is 1. The minimum Gasteiger partial charge on any atom is -0.493 e. The number of aliphatic hydroxyl groups is 1. The Bertz CT molecular complexity index is 2040. The van der Waals surface area contributed by atoms with Crippen molar-refractivity contribution < 1.29 is 24.5 Å². The summed E-state index contributed by atoms with van der Waals surface area (Å²) in [5.41, 5.74) is 7.50. The standard InChI is InChI=1S/C39H40ClN5O5/c1-24-27(23-50-29-9-10-32-34(44(2)22-36(47)48)13-16-49-35(32)18-29)5-3-6-30(24)31-7-4-8-33(37(31)40)43-39-38-26(11-14-41-39)17-25(19-42-38)20-45-15-12-28(46)21-45/h3-11,14,17-19,28,34,46H,12-13,15-16,20-23H2,1-2H3,(H,41,43)(H,47,48)/t28-,34?/m1/s1. The molecule has 1 unspecified atom stereocenters. The molecule has 2 aliphatic heterocycles. The molecule has 3 N–H and O–H groups in total. The normalized spacial score (nSPS) is 17.5. The zero-order valence-electron chi connectivity index (χ0n) is 28.1. The number of aliphatic hydroxyl groups excluding tert-OH is 1. The molecule has 11 heteroatoms. The Balaban J connectivity index is 1.07. The number of nitrogens with zero attached hydrogens (tertiary/aromatic N) is 4. The van der Waals surface area contributed by atoms with Gasteiger partial charge in [0.2, 0.25) is 0 Å². The molecule has 2 aliphatic rings. The highest BCUT2D eigenvalue weighted by Gasteiger charge is 2.27. The van der Waals surface area contributed by atoms with Crippen molar-refractivity contribution in [3.05, 3.63) is 106 Å². The molecule has 1 fully saturated rings. The average molecular weight is 694 g/mol. The van der Waals surface area contributed by atoms with Crippen LogP contribution in [0.5, 0.6) is 11.5 Å². The van der Waals surface area contributed by atoms with E-state index in [1.807, 2.05) is 72.7 Å². The Hall–Kier alpha value is -4.74. The molecule has 7 rings (SSSR count). The fourth-order valence-electron chi connectivity index (χ4n) is 6.98. The second kappa shape index (κ2) is 14.6. The van der Waals surface area contributed by atoms with Gasteiger partial charge in [-0.25, -0.2) is 4.98 Å². The zero-order valence-corrected chi connectivity index (χ0v) is 28.9. The molecule has 5 aromatic rings. The third-order valence-corrected chi connectivity index (χ3v) is 10.0. The number of aliphatic carboxylic acids is 1. The van der Waals surface area contributed by atoms with Crippen molar-refractivity contribution in [3.63, 3.8) is 0 Å². The first-order valence-corrected chi connectivity index (χ1v) is 17.2. The Morgan fingerprint density at radius 3 is 2.76 bits per heavy atom. The first-order chi connectivity index (χ1) is 24.2. The number of benzene rings is 3. The van der Waals surface area contributed by atoms with Crippen molar-refractivity contribution in [3.8, 4) is 22.6 Å². The summed E-state index contributed by atoms with van der Waals surface area (Å²) >= 11 is 7.09. The summed E-state index contributed by atoms with van der Waals surface area (Å²) in [7, 11) is 1.82. The number of carbonyl (C=O) groups is 1. The molecular formula is C39H40ClN5O5. The molecule has 258 valence electrons. The highest BCUT2D eigenvalue weighted by molar-refractivity contribution is 6.36. The van der Waals surface area contributed by atoms with Crippen molar-refractivity contribution >= 4 is 40.0 Å². The molecule has 0 spiro atoms. The van der Waals surface area contributed by atoms with Crippen LogP contribution in [0.1, 0.15) is 41.1 Å². The second-order valence-corrected chi connectivity index (χ2v) is 13.5. The van der Waals surface area contributed by atoms with E-state index >= 15 is 0 Å². The van der Waals surface area contributed by atoms with E-state index in [1.165, 1.54) is 0 Å². The monoisotopic (exact) mass is 693 g/mol. The van der Waals surface area contributed by atoms with Crippen molar-refractivity contribution in [1.29, 1.82) is 0 Å². The van der Waals surface area contributed by atoms with Gasteiger partial charge in [0.15, 0.2) is 5.82 Å². The molecule has 2 aromatic heterocycles. The lowest BCUT2D eigenvalue weighted by Crippen LogP contribution is -2.33. The van der Waals surface area contributed by atoms with Crippen LogP contribution in [-0.2, 0) is 17.9 Å². The van der Waals surface area contributed by atoms with Crippen LogP contribution in [-0.4, -0.2) is 75.3 Å². The Morgan fingerprint density at radius 1 is 1.10 bits per heavy atom. The lowest BCUT2D eigenvalue weighted by molar-refractivity contribution is -0.138. The number of fused-ring (bicyclic) bond motifs is 2. The van der Waals surface area contributed by atoms with Gasteiger partial charge in [0.05, 0.1) is 30.0 Å². The van der Waals surface area contributed by atoms with Gasteiger partial charge in [-0.3, -0.25) is 19.6 Å². The van der Waals surface area contributed by atoms with E-state index in [1.54, 1.807) is 6.20 Å². The van der Waals surface area contributed by atoms with Gasteiger partial charge >= 0.3 is 5.97 Å². The predicted octanol–water partition coefficient (Wildman–Crippen LogP) is 6.99. The van der Waals surface area contributed by atoms with Gasteiger partial charge in [0.25, 0.3) is 0 Å². The molecule has 0 bridgehead atoms. The molecule has 0 aliphatic carbocycles. The quantitative estimate of drug-likeness (QED) is 0.134. The van der Waals surface area contributed by atoms with Gasteiger partial charge in [-0.1, -0.05) is 48.0 Å². The minimum absolute atomic E-state index is 0.0282. The van der Waals surface area contributed by atoms with Gasteiger partial charge in [0.1, 0.15) is 23.6 Å². The summed E-state index contributed by atoms with van der Waals surface area (Å²) in [5.74, 6) is 1.17. The fourth-order valence-corrected chi connectivity index (χ4v) is 7.25. The predicted molar refractivity (Wildman–Crippen MR) is 194 cm³/mol. The SMILES string of the molecule is Cc1c(COc2ccc3c(c2)OCCC3N(C)CC(=O)O)cccc1-c1cccc(Nc2nccc3cc(CN4CC[C@@H](O)C4)cnc23)c1Cl. The summed E-state index contributed by atoms with van der Waals surface area (Å²) in [6.45, 7) is 5.22. The van der Waals surface area contributed by atoms with Crippen molar-refractivity contribution in [2.75, 3.05) is 38.6 Å². The first-order valence-electron chi connectivity index (χ1n) is 16.8. The number of aromatic nitrogens is 2. The number of pyridine rings is 2. The number of halogens is 1. The molecule has 0 saturated carbocycles. The van der Waals surface area contributed by atoms with Crippen LogP contribution in [0.15, 0.2) is 79.1 Å². The van der Waals surface area contributed by atoms with Crippen LogP contribution < -0.4 is 14.8 Å². The van der Waals surface area contributed by atoms with Crippen LogP contribution in [0.4, 0.5) is 11.5 Å². The summed E-state index contributed by atoms with van der Waals surface area (Å²) in [6, 6.07) is 21.9. The number of likely N-dealkylation sites (N-methyl/N-ethyl adjacent to an activating group) is 1. The molecule has 1 saturated heterocycles. The van der Waals surface area contributed by atoms with E-state index in [0.717, 1.165) is 81.7 Å². The largest absolute Gasteiger partial charge is 0.493 e.